The van der Waals surface area contributed by atoms with Gasteiger partial charge in [-0.05, 0) is 36.7 Å². The number of carbonyl (C=O) groups excluding carboxylic acids is 1. The predicted molar refractivity (Wildman–Crippen MR) is 114 cm³/mol. The molecule has 0 spiro atoms. The van der Waals surface area contributed by atoms with Gasteiger partial charge in [-0.2, -0.15) is 5.10 Å². The lowest BCUT2D eigenvalue weighted by molar-refractivity contribution is 0.0951. The number of nitrogens with zero attached hydrogens (tertiary/aromatic N) is 3. The molecular weight excluding hydrogens is 382 g/mol. The van der Waals surface area contributed by atoms with Crippen LogP contribution in [0.4, 0.5) is 0 Å². The average molecular weight is 404 g/mol. The van der Waals surface area contributed by atoms with E-state index in [0.717, 1.165) is 36.1 Å². The smallest absolute Gasteiger partial charge is 0.253 e. The Kier molecular flexibility index (Phi) is 4.52. The second-order valence-electron chi connectivity index (χ2n) is 7.40. The van der Waals surface area contributed by atoms with Crippen LogP contribution in [-0.4, -0.2) is 25.2 Å². The Labute approximate surface area is 173 Å². The van der Waals surface area contributed by atoms with Crippen LogP contribution >= 0.6 is 12.2 Å². The summed E-state index contributed by atoms with van der Waals surface area (Å²) in [4.78, 5) is 13.0. The summed E-state index contributed by atoms with van der Waals surface area (Å²) in [6.45, 7) is 1.07. The number of hydrogen-bond acceptors (Lipinski definition) is 3. The molecule has 2 aromatic heterocycles. The van der Waals surface area contributed by atoms with E-state index in [0.29, 0.717) is 22.9 Å². The highest BCUT2D eigenvalue weighted by atomic mass is 32.1. The number of aromatic nitrogens is 4. The molecule has 1 aliphatic carbocycles. The zero-order valence-electron chi connectivity index (χ0n) is 15.8. The number of hydrogen-bond donors (Lipinski definition) is 2. The number of aromatic amines is 1. The van der Waals surface area contributed by atoms with Gasteiger partial charge in [-0.15, -0.1) is 0 Å². The lowest BCUT2D eigenvalue weighted by atomic mass is 10.1. The van der Waals surface area contributed by atoms with Gasteiger partial charge in [0.15, 0.2) is 10.6 Å². The van der Waals surface area contributed by atoms with Gasteiger partial charge < -0.3 is 9.88 Å². The molecule has 0 atom stereocenters. The lowest BCUT2D eigenvalue weighted by Crippen LogP contribution is -2.24. The quantitative estimate of drug-likeness (QED) is 0.474. The van der Waals surface area contributed by atoms with Crippen molar-refractivity contribution in [2.75, 3.05) is 0 Å². The maximum Gasteiger partial charge on any atom is 0.253 e. The molecule has 0 radical (unpaired) electrons. The van der Waals surface area contributed by atoms with Crippen LogP contribution in [-0.2, 0) is 13.1 Å². The lowest BCUT2D eigenvalue weighted by Gasteiger charge is -2.06. The Morgan fingerprint density at radius 1 is 1.14 bits per heavy atom. The maximum atomic E-state index is 13.0. The van der Waals surface area contributed by atoms with Crippen molar-refractivity contribution in [1.82, 2.24) is 24.6 Å². The summed E-state index contributed by atoms with van der Waals surface area (Å²) in [7, 11) is 0. The van der Waals surface area contributed by atoms with Crippen molar-refractivity contribution in [3.05, 3.63) is 82.5 Å². The number of nitrogens with one attached hydrogen (secondary N) is 2. The van der Waals surface area contributed by atoms with Crippen molar-refractivity contribution >= 4 is 29.0 Å². The van der Waals surface area contributed by atoms with E-state index in [9.17, 15) is 4.79 Å². The first-order chi connectivity index (χ1) is 14.2. The molecule has 1 fully saturated rings. The summed E-state index contributed by atoms with van der Waals surface area (Å²) in [6.07, 6.45) is 4.16. The minimum absolute atomic E-state index is 0.107. The van der Waals surface area contributed by atoms with Crippen LogP contribution in [0.15, 0.2) is 60.8 Å². The summed E-state index contributed by atoms with van der Waals surface area (Å²) >= 11 is 5.32. The predicted octanol–water partition coefficient (Wildman–Crippen LogP) is 4.21. The van der Waals surface area contributed by atoms with Crippen molar-refractivity contribution < 1.29 is 4.79 Å². The standard InChI is InChI=1S/C22H21N5OS/c28-21(23-12-20-24-25-22(29)27(20)16-10-11-16)18-14-26(13-15-6-2-1-3-7-15)19-9-5-4-8-17(18)19/h1-9,14,16H,10-13H2,(H,23,28)(H,25,29). The number of fused-ring (bicyclic) bond motifs is 1. The van der Waals surface area contributed by atoms with Crippen molar-refractivity contribution in [1.29, 1.82) is 0 Å². The molecule has 4 aromatic rings. The molecule has 7 heteroatoms. The number of amides is 1. The Bertz CT molecular complexity index is 1230. The number of benzene rings is 2. The van der Waals surface area contributed by atoms with E-state index in [4.69, 9.17) is 12.2 Å². The molecule has 29 heavy (non-hydrogen) atoms. The van der Waals surface area contributed by atoms with Gasteiger partial charge in [0.25, 0.3) is 5.91 Å². The third-order valence-electron chi connectivity index (χ3n) is 5.33. The molecule has 0 aliphatic heterocycles. The van der Waals surface area contributed by atoms with Gasteiger partial charge in [-0.25, -0.2) is 0 Å². The summed E-state index contributed by atoms with van der Waals surface area (Å²) in [5.74, 6) is 0.670. The van der Waals surface area contributed by atoms with Gasteiger partial charge in [-0.3, -0.25) is 14.5 Å². The van der Waals surface area contributed by atoms with E-state index in [1.54, 1.807) is 0 Å². The van der Waals surface area contributed by atoms with Crippen LogP contribution in [0.1, 0.15) is 40.6 Å². The molecule has 1 amide bonds. The van der Waals surface area contributed by atoms with E-state index in [-0.39, 0.29) is 5.91 Å². The molecule has 0 unspecified atom stereocenters. The Hall–Kier alpha value is -3.19. The van der Waals surface area contributed by atoms with Crippen LogP contribution in [0, 0.1) is 4.77 Å². The minimum Gasteiger partial charge on any atom is -0.345 e. The van der Waals surface area contributed by atoms with Crippen molar-refractivity contribution in [3.8, 4) is 0 Å². The van der Waals surface area contributed by atoms with Crippen molar-refractivity contribution in [2.24, 2.45) is 0 Å². The average Bonchev–Trinajstić information content (AvgIpc) is 3.42. The van der Waals surface area contributed by atoms with Gasteiger partial charge in [0.05, 0.1) is 12.1 Å². The highest BCUT2D eigenvalue weighted by Crippen LogP contribution is 2.35. The number of carbonyl (C=O) groups is 1. The first-order valence-electron chi connectivity index (χ1n) is 9.76. The SMILES string of the molecule is O=C(NCc1n[nH]c(=S)n1C1CC1)c1cn(Cc2ccccc2)c2ccccc12. The highest BCUT2D eigenvalue weighted by Gasteiger charge is 2.27. The second-order valence-corrected chi connectivity index (χ2v) is 7.79. The molecule has 0 saturated heterocycles. The molecule has 2 aromatic carbocycles. The van der Waals surface area contributed by atoms with Crippen LogP contribution < -0.4 is 5.32 Å². The van der Waals surface area contributed by atoms with Gasteiger partial charge >= 0.3 is 0 Å². The van der Waals surface area contributed by atoms with Gasteiger partial charge in [0, 0.05) is 29.7 Å². The molecule has 1 aliphatic rings. The Morgan fingerprint density at radius 3 is 2.69 bits per heavy atom. The number of rotatable bonds is 6. The van der Waals surface area contributed by atoms with E-state index >= 15 is 0 Å². The maximum absolute atomic E-state index is 13.0. The minimum atomic E-state index is -0.107. The van der Waals surface area contributed by atoms with Crippen molar-refractivity contribution in [3.63, 3.8) is 0 Å². The molecule has 2 N–H and O–H groups in total. The summed E-state index contributed by atoms with van der Waals surface area (Å²) in [5.41, 5.74) is 2.91. The molecule has 1 saturated carbocycles. The van der Waals surface area contributed by atoms with E-state index in [1.165, 1.54) is 5.56 Å². The van der Waals surface area contributed by atoms with Crippen LogP contribution in [0.5, 0.6) is 0 Å². The van der Waals surface area contributed by atoms with E-state index in [1.807, 2.05) is 53.2 Å². The molecule has 146 valence electrons. The van der Waals surface area contributed by atoms with Gasteiger partial charge in [-0.1, -0.05) is 48.5 Å². The Balaban J connectivity index is 1.41. The monoisotopic (exact) mass is 403 g/mol. The second kappa shape index (κ2) is 7.33. The third-order valence-corrected chi connectivity index (χ3v) is 5.61. The normalized spacial score (nSPS) is 13.7. The number of para-hydroxylation sites is 1. The number of H-pyrrole nitrogens is 1. The fraction of sp³-hybridized carbons (Fsp3) is 0.227. The summed E-state index contributed by atoms with van der Waals surface area (Å²) in [5, 5.41) is 11.1. The van der Waals surface area contributed by atoms with Crippen LogP contribution in [0.2, 0.25) is 0 Å². The fourth-order valence-electron chi connectivity index (χ4n) is 3.76. The summed E-state index contributed by atoms with van der Waals surface area (Å²) < 4.78 is 4.77. The molecule has 5 rings (SSSR count). The topological polar surface area (TPSA) is 67.6 Å². The first-order valence-corrected chi connectivity index (χ1v) is 10.2. The van der Waals surface area contributed by atoms with Crippen LogP contribution in [0.25, 0.3) is 10.9 Å². The fourth-order valence-corrected chi connectivity index (χ4v) is 4.06. The first kappa shape index (κ1) is 17.9. The van der Waals surface area contributed by atoms with Crippen molar-refractivity contribution in [2.45, 2.75) is 32.0 Å². The largest absolute Gasteiger partial charge is 0.345 e. The third kappa shape index (κ3) is 3.49. The van der Waals surface area contributed by atoms with Gasteiger partial charge in [0.2, 0.25) is 0 Å². The van der Waals surface area contributed by atoms with E-state index in [2.05, 4.69) is 32.2 Å². The Morgan fingerprint density at radius 2 is 1.90 bits per heavy atom. The zero-order chi connectivity index (χ0) is 19.8. The molecule has 6 nitrogen and oxygen atoms in total. The van der Waals surface area contributed by atoms with Gasteiger partial charge in [0.1, 0.15) is 0 Å². The molecule has 2 heterocycles. The van der Waals surface area contributed by atoms with E-state index < -0.39 is 0 Å². The molecular formula is C22H21N5OS. The highest BCUT2D eigenvalue weighted by molar-refractivity contribution is 7.71. The zero-order valence-corrected chi connectivity index (χ0v) is 16.7. The summed E-state index contributed by atoms with van der Waals surface area (Å²) in [6, 6.07) is 18.7. The van der Waals surface area contributed by atoms with Crippen LogP contribution in [0.3, 0.4) is 0 Å². The molecule has 0 bridgehead atoms.